The molecule has 5 rings (SSSR count). The molecule has 3 heterocycles. The first-order valence-corrected chi connectivity index (χ1v) is 10.1. The lowest BCUT2D eigenvalue weighted by Crippen LogP contribution is -2.37. The van der Waals surface area contributed by atoms with Crippen molar-refractivity contribution in [3.05, 3.63) is 95.7 Å². The zero-order valence-corrected chi connectivity index (χ0v) is 15.9. The Morgan fingerprint density at radius 3 is 2.52 bits per heavy atom. The Balaban J connectivity index is 1.70. The quantitative estimate of drug-likeness (QED) is 0.606. The number of nitrogens with one attached hydrogen (secondary N) is 3. The Bertz CT molecular complexity index is 1260. The molecule has 0 bridgehead atoms. The van der Waals surface area contributed by atoms with Crippen molar-refractivity contribution in [2.24, 2.45) is 0 Å². The molecule has 3 aromatic rings. The highest BCUT2D eigenvalue weighted by Gasteiger charge is 2.40. The van der Waals surface area contributed by atoms with Crippen molar-refractivity contribution in [3.63, 3.8) is 0 Å². The number of carbonyl (C=O) groups excluding carboxylic acids is 1. The first-order chi connectivity index (χ1) is 14.0. The summed E-state index contributed by atoms with van der Waals surface area (Å²) in [7, 11) is 0. The van der Waals surface area contributed by atoms with Crippen LogP contribution in [0, 0.1) is 5.82 Å². The number of aromatic nitrogens is 2. The van der Waals surface area contributed by atoms with E-state index in [1.807, 2.05) is 17.5 Å². The first-order valence-electron chi connectivity index (χ1n) is 9.20. The summed E-state index contributed by atoms with van der Waals surface area (Å²) >= 11 is 1.60. The van der Waals surface area contributed by atoms with E-state index in [0.717, 1.165) is 4.88 Å². The van der Waals surface area contributed by atoms with E-state index in [4.69, 9.17) is 0 Å². The summed E-state index contributed by atoms with van der Waals surface area (Å²) in [5, 5.41) is 5.11. The Morgan fingerprint density at radius 2 is 1.79 bits per heavy atom. The van der Waals surface area contributed by atoms with Crippen LogP contribution in [-0.4, -0.2) is 15.8 Å². The van der Waals surface area contributed by atoms with Gasteiger partial charge in [0.1, 0.15) is 11.6 Å². The van der Waals surface area contributed by atoms with Crippen molar-refractivity contribution >= 4 is 22.9 Å². The molecule has 1 aliphatic carbocycles. The van der Waals surface area contributed by atoms with Crippen molar-refractivity contribution in [2.75, 3.05) is 5.32 Å². The molecule has 0 radical (unpaired) electrons. The monoisotopic (exact) mass is 409 g/mol. The van der Waals surface area contributed by atoms with E-state index in [0.29, 0.717) is 29.7 Å². The Kier molecular flexibility index (Phi) is 4.09. The van der Waals surface area contributed by atoms with Crippen LogP contribution in [-0.2, 0) is 4.79 Å². The number of Topliss-reactive ketones (excluding diaryl/α,β-unsaturated/α-hetero) is 1. The second-order valence-electron chi connectivity index (χ2n) is 7.24. The molecule has 2 aromatic heterocycles. The van der Waals surface area contributed by atoms with Crippen LogP contribution in [0.1, 0.15) is 40.7 Å². The number of allylic oxidation sites excluding steroid dienone is 2. The summed E-state index contributed by atoms with van der Waals surface area (Å²) in [6.45, 7) is 0. The lowest BCUT2D eigenvalue weighted by atomic mass is 9.74. The highest BCUT2D eigenvalue weighted by atomic mass is 32.1. The number of hydrogen-bond donors (Lipinski definition) is 3. The van der Waals surface area contributed by atoms with Crippen LogP contribution in [0.4, 0.5) is 10.2 Å². The van der Waals surface area contributed by atoms with Crippen molar-refractivity contribution in [2.45, 2.75) is 24.7 Å². The smallest absolute Gasteiger partial charge is 0.327 e. The molecule has 0 saturated carbocycles. The zero-order valence-electron chi connectivity index (χ0n) is 15.1. The zero-order chi connectivity index (χ0) is 20.1. The summed E-state index contributed by atoms with van der Waals surface area (Å²) < 4.78 is 13.5. The molecule has 0 saturated heterocycles. The van der Waals surface area contributed by atoms with E-state index in [-0.39, 0.29) is 23.1 Å². The van der Waals surface area contributed by atoms with Gasteiger partial charge >= 0.3 is 5.69 Å². The summed E-state index contributed by atoms with van der Waals surface area (Å²) in [4.78, 5) is 43.7. The molecular weight excluding hydrogens is 393 g/mol. The highest BCUT2D eigenvalue weighted by Crippen LogP contribution is 2.46. The summed E-state index contributed by atoms with van der Waals surface area (Å²) in [5.41, 5.74) is 0.905. The molecule has 8 heteroatoms. The van der Waals surface area contributed by atoms with Gasteiger partial charge in [-0.2, -0.15) is 0 Å². The van der Waals surface area contributed by atoms with Crippen LogP contribution in [0.2, 0.25) is 0 Å². The van der Waals surface area contributed by atoms with Gasteiger partial charge in [-0.15, -0.1) is 11.3 Å². The molecule has 1 aromatic carbocycles. The molecule has 0 amide bonds. The molecular formula is C21H16FN3O3S. The minimum absolute atomic E-state index is 0.0397. The van der Waals surface area contributed by atoms with E-state index in [2.05, 4.69) is 15.3 Å². The number of thiophene rings is 1. The van der Waals surface area contributed by atoms with Crippen LogP contribution in [0.15, 0.2) is 62.6 Å². The summed E-state index contributed by atoms with van der Waals surface area (Å²) in [6, 6.07) is 9.72. The molecule has 2 aliphatic rings. The lowest BCUT2D eigenvalue weighted by molar-refractivity contribution is -0.116. The van der Waals surface area contributed by atoms with Gasteiger partial charge in [0.05, 0.1) is 5.56 Å². The number of rotatable bonds is 2. The molecule has 0 unspecified atom stereocenters. The van der Waals surface area contributed by atoms with Crippen LogP contribution < -0.4 is 16.6 Å². The third-order valence-electron chi connectivity index (χ3n) is 5.49. The number of aromatic amines is 2. The molecule has 146 valence electrons. The second-order valence-corrected chi connectivity index (χ2v) is 8.22. The Morgan fingerprint density at radius 1 is 1.00 bits per heavy atom. The Labute approximate surface area is 168 Å². The fourth-order valence-electron chi connectivity index (χ4n) is 4.26. The molecule has 2 atom stereocenters. The number of fused-ring (bicyclic) bond motifs is 1. The van der Waals surface area contributed by atoms with Crippen molar-refractivity contribution in [3.8, 4) is 0 Å². The van der Waals surface area contributed by atoms with Gasteiger partial charge in [-0.1, -0.05) is 18.2 Å². The maximum Gasteiger partial charge on any atom is 0.327 e. The average molecular weight is 409 g/mol. The predicted octanol–water partition coefficient (Wildman–Crippen LogP) is 3.22. The average Bonchev–Trinajstić information content (AvgIpc) is 3.21. The molecule has 0 fully saturated rings. The van der Waals surface area contributed by atoms with E-state index in [9.17, 15) is 18.8 Å². The molecule has 0 spiro atoms. The molecule has 6 nitrogen and oxygen atoms in total. The van der Waals surface area contributed by atoms with Crippen molar-refractivity contribution in [1.82, 2.24) is 9.97 Å². The van der Waals surface area contributed by atoms with Crippen LogP contribution >= 0.6 is 11.3 Å². The normalized spacial score (nSPS) is 20.8. The molecule has 1 aliphatic heterocycles. The van der Waals surface area contributed by atoms with Crippen molar-refractivity contribution < 1.29 is 9.18 Å². The standard InChI is InChI=1S/C21H16FN3O3S/c22-12-5-3-10(4-6-12)16-17-13(23-19-18(16)20(27)25-21(28)24-19)8-11(9-14(17)26)15-2-1-7-29-15/h1-7,11,16H,8-9H2,(H3,23,24,25,27,28)/t11-,16+/m1/s1. The summed E-state index contributed by atoms with van der Waals surface area (Å²) in [6.07, 6.45) is 0.933. The number of halogens is 1. The largest absolute Gasteiger partial charge is 0.344 e. The fourth-order valence-corrected chi connectivity index (χ4v) is 5.09. The number of carbonyl (C=O) groups is 1. The molecule has 29 heavy (non-hydrogen) atoms. The first kappa shape index (κ1) is 17.8. The number of benzene rings is 1. The minimum Gasteiger partial charge on any atom is -0.344 e. The predicted molar refractivity (Wildman–Crippen MR) is 108 cm³/mol. The number of H-pyrrole nitrogens is 2. The van der Waals surface area contributed by atoms with Gasteiger partial charge in [-0.3, -0.25) is 19.6 Å². The number of hydrogen-bond acceptors (Lipinski definition) is 5. The third kappa shape index (κ3) is 2.96. The third-order valence-corrected chi connectivity index (χ3v) is 6.52. The van der Waals surface area contributed by atoms with E-state index >= 15 is 0 Å². The number of ketones is 1. The van der Waals surface area contributed by atoms with Gasteiger partial charge < -0.3 is 5.32 Å². The van der Waals surface area contributed by atoms with E-state index in [1.165, 1.54) is 12.1 Å². The van der Waals surface area contributed by atoms with Gasteiger partial charge in [-0.25, -0.2) is 9.18 Å². The fraction of sp³-hybridized carbons (Fsp3) is 0.190. The van der Waals surface area contributed by atoms with Crippen molar-refractivity contribution in [1.29, 1.82) is 0 Å². The minimum atomic E-state index is -0.667. The van der Waals surface area contributed by atoms with Gasteiger partial charge in [0.2, 0.25) is 0 Å². The topological polar surface area (TPSA) is 94.8 Å². The van der Waals surface area contributed by atoms with Crippen LogP contribution in [0.3, 0.4) is 0 Å². The van der Waals surface area contributed by atoms with Gasteiger partial charge in [0, 0.05) is 34.4 Å². The maximum atomic E-state index is 13.5. The Hall–Kier alpha value is -3.26. The van der Waals surface area contributed by atoms with Gasteiger partial charge in [0.15, 0.2) is 5.78 Å². The second kappa shape index (κ2) is 6.66. The lowest BCUT2D eigenvalue weighted by Gasteiger charge is -2.35. The number of anilines is 1. The van der Waals surface area contributed by atoms with Gasteiger partial charge in [-0.05, 0) is 35.6 Å². The van der Waals surface area contributed by atoms with Crippen LogP contribution in [0.5, 0.6) is 0 Å². The van der Waals surface area contributed by atoms with Gasteiger partial charge in [0.25, 0.3) is 5.56 Å². The maximum absolute atomic E-state index is 13.5. The van der Waals surface area contributed by atoms with E-state index in [1.54, 1.807) is 23.5 Å². The molecule has 3 N–H and O–H groups in total. The van der Waals surface area contributed by atoms with Crippen LogP contribution in [0.25, 0.3) is 0 Å². The van der Waals surface area contributed by atoms with E-state index < -0.39 is 23.0 Å². The summed E-state index contributed by atoms with van der Waals surface area (Å²) in [5.74, 6) is -0.800. The SMILES string of the molecule is O=C1C[C@H](c2cccs2)CC2=C1[C@H](c1ccc(F)cc1)c1c([nH]c(=O)[nH]c1=O)N2. The highest BCUT2D eigenvalue weighted by molar-refractivity contribution is 7.10.